The molecule has 1 aliphatic carbocycles. The van der Waals surface area contributed by atoms with E-state index in [4.69, 9.17) is 5.73 Å². The zero-order valence-corrected chi connectivity index (χ0v) is 77.1. The Morgan fingerprint density at radius 2 is 0.961 bits per heavy atom. The number of aliphatic hydroxyl groups is 3. The molecule has 7 fully saturated rings. The van der Waals surface area contributed by atoms with Crippen molar-refractivity contribution in [2.75, 3.05) is 64.1 Å². The van der Waals surface area contributed by atoms with Gasteiger partial charge in [0.1, 0.15) is 78.5 Å². The molecule has 2 bridgehead atoms. The number of piperidine rings is 2. The van der Waals surface area contributed by atoms with Gasteiger partial charge in [-0.15, -0.1) is 0 Å². The summed E-state index contributed by atoms with van der Waals surface area (Å²) in [5, 5.41) is 106. The molecule has 27 N–H and O–H groups in total. The molecule has 1 aromatic carbocycles. The van der Waals surface area contributed by atoms with Gasteiger partial charge in [0, 0.05) is 74.9 Å². The number of nitrogens with one attached hydrogen (secondary N) is 21. The monoisotopic (exact) mass is 1850 g/mol. The number of hydrogen-bond donors (Lipinski definition) is 26. The largest absolute Gasteiger partial charge is 0.481 e. The van der Waals surface area contributed by atoms with E-state index >= 15 is 43.2 Å². The zero-order valence-electron chi connectivity index (χ0n) is 75.5. The van der Waals surface area contributed by atoms with Gasteiger partial charge in [-0.25, -0.2) is 0 Å². The van der Waals surface area contributed by atoms with Crippen LogP contribution in [-0.4, -0.2) is 294 Å². The first-order valence-electron chi connectivity index (χ1n) is 46.0. The number of carbonyl (C=O) groups is 15. The summed E-state index contributed by atoms with van der Waals surface area (Å²) in [5.74, 6) is -14.2. The number of carbonyl (C=O) groups excluding carboxylic acids is 14. The first-order valence-corrected chi connectivity index (χ1v) is 48.3. The summed E-state index contributed by atoms with van der Waals surface area (Å²) in [6, 6.07) is -13.0. The Hall–Kier alpha value is -8.47. The number of hydrogen-bond acceptors (Lipinski definition) is 28. The van der Waals surface area contributed by atoms with Crippen LogP contribution in [-0.2, 0) is 83.4 Å². The molecule has 14 amide bonds. The van der Waals surface area contributed by atoms with E-state index < -0.39 is 216 Å². The topological polar surface area (TPSA) is 616 Å². The third kappa shape index (κ3) is 32.2. The molecule has 9 rings (SSSR count). The number of aliphatic carboxylic acids is 1. The lowest BCUT2D eigenvalue weighted by Gasteiger charge is -2.35. The molecule has 6 saturated heterocycles. The first-order chi connectivity index (χ1) is 61.4. The summed E-state index contributed by atoms with van der Waals surface area (Å²) in [6.45, 7) is 15.8. The Bertz CT molecular complexity index is 3980. The van der Waals surface area contributed by atoms with Gasteiger partial charge in [0.05, 0.1) is 30.6 Å². The summed E-state index contributed by atoms with van der Waals surface area (Å²) >= 11 is 2.48. The molecule has 0 aromatic heterocycles. The fraction of sp³-hybridized carbons (Fsp3) is 0.756. The van der Waals surface area contributed by atoms with Crippen molar-refractivity contribution in [1.29, 1.82) is 0 Å². The van der Waals surface area contributed by atoms with E-state index in [2.05, 4.69) is 112 Å². The maximum atomic E-state index is 15.6. The van der Waals surface area contributed by atoms with Crippen molar-refractivity contribution < 1.29 is 92.3 Å². The molecule has 8 unspecified atom stereocenters. The van der Waals surface area contributed by atoms with E-state index in [0.717, 1.165) is 43.4 Å². The average Bonchev–Trinajstić information content (AvgIpc) is 1.71. The molecular weight excluding hydrogens is 1710 g/mol. The Kier molecular flexibility index (Phi) is 41.2. The average molecular weight is 1850 g/mol. The number of amides is 14. The summed E-state index contributed by atoms with van der Waals surface area (Å²) in [4.78, 5) is 219. The van der Waals surface area contributed by atoms with E-state index in [-0.39, 0.29) is 116 Å². The molecule has 7 aliphatic heterocycles. The second kappa shape index (κ2) is 51.0. The summed E-state index contributed by atoms with van der Waals surface area (Å²) in [5.41, 5.74) is 6.31. The number of rotatable bonds is 23. The van der Waals surface area contributed by atoms with Gasteiger partial charge >= 0.3 is 5.97 Å². The van der Waals surface area contributed by atoms with Gasteiger partial charge in [-0.3, -0.25) is 71.9 Å². The van der Waals surface area contributed by atoms with Gasteiger partial charge in [0.25, 0.3) is 0 Å². The molecular formula is C86H142N22O19S2. The van der Waals surface area contributed by atoms with Crippen LogP contribution in [0, 0.1) is 35.0 Å². The number of nitrogens with two attached hydrogens (primary N) is 1. The fourth-order valence-corrected chi connectivity index (χ4v) is 20.5. The van der Waals surface area contributed by atoms with Crippen LogP contribution in [0.4, 0.5) is 0 Å². The van der Waals surface area contributed by atoms with Crippen LogP contribution in [0.25, 0.3) is 0 Å². The normalized spacial score (nSPS) is 32.8. The predicted octanol–water partition coefficient (Wildman–Crippen LogP) is -5.12. The van der Waals surface area contributed by atoms with E-state index in [1.807, 2.05) is 25.1 Å². The van der Waals surface area contributed by atoms with E-state index in [9.17, 15) is 49.2 Å². The predicted molar refractivity (Wildman–Crippen MR) is 481 cm³/mol. The first kappa shape index (κ1) is 104. The maximum absolute atomic E-state index is 15.6. The van der Waals surface area contributed by atoms with E-state index in [1.54, 1.807) is 33.8 Å². The van der Waals surface area contributed by atoms with E-state index in [1.165, 1.54) is 44.3 Å². The number of benzene rings is 1. The molecule has 7 heterocycles. The number of primary amides is 1. The van der Waals surface area contributed by atoms with Gasteiger partial charge in [0.15, 0.2) is 0 Å². The SMILES string of the molecule is CCC[C@H](NC(C)=O)C(=O)N[C@H]1CSCc2cccc(c2)CSC[C@@H](C(N)=O)NC(=O)[C@H]([C@@H](C)O)NC(=O)[C@H](CCC)NC(=O)[C@H](CC2CNC3NCCCC23)NC(=O)[C@H](CCC(=O)O)NC(=O)[C@H](CC2CNCN2)NC(=O)[C@H](CC2CNC3NCCCC23)NC(=O)[C@H]([C@@H](C)O)NC(=O)[C@H](CC2CNCN2)NC(=O)[C@H](CC2CCC(O)CC2)NC(=O)[C@H](C(C)(C)C)NC1=O. The smallest absolute Gasteiger partial charge is 0.303 e. The minimum Gasteiger partial charge on any atom is -0.481 e. The van der Waals surface area contributed by atoms with Crippen LogP contribution in [0.15, 0.2) is 24.3 Å². The van der Waals surface area contributed by atoms with Gasteiger partial charge in [-0.2, -0.15) is 23.5 Å². The summed E-state index contributed by atoms with van der Waals surface area (Å²) in [6.07, 6.45) is -0.141. The van der Waals surface area contributed by atoms with Gasteiger partial charge in [-0.1, -0.05) is 71.7 Å². The molecule has 1 saturated carbocycles. The van der Waals surface area contributed by atoms with Crippen LogP contribution in [0.2, 0.25) is 0 Å². The number of aliphatic hydroxyl groups excluding tert-OH is 3. The van der Waals surface area contributed by atoms with Crippen molar-refractivity contribution in [2.45, 2.75) is 310 Å². The molecule has 0 spiro atoms. The van der Waals surface area contributed by atoms with Crippen molar-refractivity contribution in [3.05, 3.63) is 35.4 Å². The second-order valence-electron chi connectivity index (χ2n) is 37.1. The van der Waals surface area contributed by atoms with Crippen molar-refractivity contribution >= 4 is 112 Å². The number of fused-ring (bicyclic) bond motifs is 4. The van der Waals surface area contributed by atoms with Crippen LogP contribution in [0.5, 0.6) is 0 Å². The molecule has 1 aromatic rings. The molecule has 43 heteroatoms. The lowest BCUT2D eigenvalue weighted by atomic mass is 9.82. The highest BCUT2D eigenvalue weighted by atomic mass is 32.2. The molecule has 23 atom stereocenters. The summed E-state index contributed by atoms with van der Waals surface area (Å²) in [7, 11) is 0. The Labute approximate surface area is 762 Å². The quantitative estimate of drug-likeness (QED) is 0.0487. The highest BCUT2D eigenvalue weighted by molar-refractivity contribution is 7.98. The van der Waals surface area contributed by atoms with Gasteiger partial charge < -0.3 is 138 Å². The third-order valence-electron chi connectivity index (χ3n) is 25.6. The lowest BCUT2D eigenvalue weighted by molar-refractivity contribution is -0.139. The van der Waals surface area contributed by atoms with Crippen LogP contribution in [0.3, 0.4) is 0 Å². The standard InChI is InChI=1S/C86H142N22O19S2/c1-9-14-57(96-46(5)111)74(116)105-66-41-129-39-49-17-11-16-48(28-49)38-128-40-65(71(87)115)104-84(126)69(45(4)110)106-76(118)58(15-10-2)97-78(120)61(30-50-34-92-72-55(50)18-12-26-90-72)99-75(117)59(24-25-67(113)114)98-80(122)63(32-52-36-88-42-94-52)100-79(121)62(31-51-35-93-73-56(51)19-13-27-91-73)102-83(125)68(44(3)109)107-81(123)64(33-53-37-89-43-95-53)101-77(119)60(29-47-20-22-54(112)23-21-47)103-85(127)70(86(6,7)8)108-82(66)124/h11,16-17,28,44-45,47,50-66,68-70,72-73,88-95,109-110,112H,9-10,12-15,18-27,29-43H2,1-8H3,(H2,87,115)(H,96,111)(H,97,120)(H,98,122)(H,99,117)(H,100,121)(H,101,119)(H,102,125)(H,103,127)(H,104,126)(H,105,116)(H,106,118)(H,107,123)(H,108,124)(H,113,114)/t44-,45-,47?,50?,51?,52?,53?,54?,55?,56?,57+,58+,59+,60+,61+,62+,63+,64+,65+,66+,68+,69+,70-,72?,73?/m1/s1. The number of thioether (sulfide) groups is 2. The molecule has 8 aliphatic rings. The molecule has 722 valence electrons. The molecule has 0 radical (unpaired) electrons. The Morgan fingerprint density at radius 3 is 1.43 bits per heavy atom. The number of carboxylic acid groups (broad SMARTS) is 1. The summed E-state index contributed by atoms with van der Waals surface area (Å²) < 4.78 is 0. The van der Waals surface area contributed by atoms with Crippen LogP contribution in [0.1, 0.15) is 189 Å². The minimum atomic E-state index is -1.84. The molecule has 129 heavy (non-hydrogen) atoms. The highest BCUT2D eigenvalue weighted by Gasteiger charge is 2.47. The minimum absolute atomic E-state index is 0.00560. The van der Waals surface area contributed by atoms with Crippen LogP contribution < -0.4 is 117 Å². The lowest BCUT2D eigenvalue weighted by Crippen LogP contribution is -2.63. The van der Waals surface area contributed by atoms with Crippen molar-refractivity contribution in [2.24, 2.45) is 40.7 Å². The highest BCUT2D eigenvalue weighted by Crippen LogP contribution is 2.35. The number of carboxylic acids is 1. The third-order valence-corrected chi connectivity index (χ3v) is 27.8. The van der Waals surface area contributed by atoms with Gasteiger partial charge in [0.2, 0.25) is 82.7 Å². The van der Waals surface area contributed by atoms with Crippen LogP contribution >= 0.6 is 23.5 Å². The fourth-order valence-electron chi connectivity index (χ4n) is 18.4. The maximum Gasteiger partial charge on any atom is 0.303 e. The van der Waals surface area contributed by atoms with E-state index in [0.29, 0.717) is 78.2 Å². The molecule has 41 nitrogen and oxygen atoms in total. The van der Waals surface area contributed by atoms with Crippen molar-refractivity contribution in [3.63, 3.8) is 0 Å². The van der Waals surface area contributed by atoms with Crippen molar-refractivity contribution in [3.8, 4) is 0 Å². The Balaban J connectivity index is 1.08. The Morgan fingerprint density at radius 1 is 0.512 bits per heavy atom. The van der Waals surface area contributed by atoms with Gasteiger partial charge in [-0.05, 0) is 189 Å². The second-order valence-corrected chi connectivity index (χ2v) is 39.1. The van der Waals surface area contributed by atoms with Crippen molar-refractivity contribution in [1.82, 2.24) is 112 Å². The zero-order chi connectivity index (χ0) is 93.8.